The highest BCUT2D eigenvalue weighted by Gasteiger charge is 2.36. The Morgan fingerprint density at radius 1 is 1.06 bits per heavy atom. The number of anilines is 1. The lowest BCUT2D eigenvalue weighted by atomic mass is 9.82. The lowest BCUT2D eigenvalue weighted by Crippen LogP contribution is -2.56. The van der Waals surface area contributed by atoms with Crippen LogP contribution in [0, 0.1) is 5.92 Å². The fraction of sp³-hybridized carbons (Fsp3) is 0.560. The largest absolute Gasteiger partial charge is 0.378 e. The van der Waals surface area contributed by atoms with E-state index in [0.717, 1.165) is 44.5 Å². The number of hydrogen-bond acceptors (Lipinski definition) is 5. The predicted octanol–water partition coefficient (Wildman–Crippen LogP) is 3.96. The van der Waals surface area contributed by atoms with Crippen LogP contribution < -0.4 is 9.62 Å². The van der Waals surface area contributed by atoms with Crippen LogP contribution in [0.2, 0.25) is 0 Å². The van der Waals surface area contributed by atoms with E-state index in [1.54, 1.807) is 6.20 Å². The van der Waals surface area contributed by atoms with Crippen molar-refractivity contribution in [2.24, 2.45) is 5.92 Å². The molecule has 1 saturated carbocycles. The number of piperidine rings is 1. The van der Waals surface area contributed by atoms with Gasteiger partial charge in [-0.3, -0.25) is 0 Å². The number of nitrogens with zero attached hydrogens (tertiary/aromatic N) is 2. The highest BCUT2D eigenvalue weighted by molar-refractivity contribution is 7.88. The van der Waals surface area contributed by atoms with Crippen molar-refractivity contribution in [3.8, 4) is 0 Å². The lowest BCUT2D eigenvalue weighted by Gasteiger charge is -2.44. The number of pyridine rings is 1. The van der Waals surface area contributed by atoms with Crippen molar-refractivity contribution in [2.45, 2.75) is 63.1 Å². The summed E-state index contributed by atoms with van der Waals surface area (Å²) >= 11 is 0. The van der Waals surface area contributed by atoms with Crippen molar-refractivity contribution in [2.75, 3.05) is 24.3 Å². The van der Waals surface area contributed by atoms with Gasteiger partial charge in [-0.2, -0.15) is 0 Å². The monoisotopic (exact) mass is 457 g/mol. The number of ether oxygens (including phenoxy) is 1. The Morgan fingerprint density at radius 3 is 2.44 bits per heavy atom. The van der Waals surface area contributed by atoms with Gasteiger partial charge in [-0.05, 0) is 62.6 Å². The summed E-state index contributed by atoms with van der Waals surface area (Å²) in [7, 11) is -3.28. The van der Waals surface area contributed by atoms with Gasteiger partial charge in [0.2, 0.25) is 10.0 Å². The summed E-state index contributed by atoms with van der Waals surface area (Å²) in [5, 5.41) is 0. The molecule has 0 amide bonds. The van der Waals surface area contributed by atoms with E-state index >= 15 is 0 Å². The molecule has 2 aliphatic rings. The molecular weight excluding hydrogens is 422 g/mol. The van der Waals surface area contributed by atoms with Crippen LogP contribution in [-0.2, 0) is 14.8 Å². The van der Waals surface area contributed by atoms with Gasteiger partial charge in [0, 0.05) is 30.7 Å². The smallest absolute Gasteiger partial charge is 0.208 e. The molecular formula is C25H35N3O3S. The molecule has 1 aliphatic carbocycles. The van der Waals surface area contributed by atoms with E-state index < -0.39 is 10.0 Å². The SMILES string of the molecule is C[C@H]1C[C@H](NS(C)(=O)=O)[C@H](CO[C@H]2CC[C@@H](c3ccccc3)CC2)CN1c1ccccn1. The Balaban J connectivity index is 1.37. The summed E-state index contributed by atoms with van der Waals surface area (Å²) in [6.45, 7) is 3.42. The van der Waals surface area contributed by atoms with Gasteiger partial charge >= 0.3 is 0 Å². The Labute approximate surface area is 192 Å². The minimum absolute atomic E-state index is 0.0785. The third-order valence-corrected chi connectivity index (χ3v) is 7.66. The molecule has 0 bridgehead atoms. The van der Waals surface area contributed by atoms with E-state index in [0.29, 0.717) is 12.5 Å². The number of aromatic nitrogens is 1. The first-order valence-corrected chi connectivity index (χ1v) is 13.6. The topological polar surface area (TPSA) is 71.5 Å². The quantitative estimate of drug-likeness (QED) is 0.681. The zero-order valence-corrected chi connectivity index (χ0v) is 19.9. The Kier molecular flexibility index (Phi) is 7.48. The van der Waals surface area contributed by atoms with Gasteiger partial charge < -0.3 is 9.64 Å². The van der Waals surface area contributed by atoms with Crippen LogP contribution in [0.15, 0.2) is 54.7 Å². The standard InChI is InChI=1S/C25H35N3O3S/c1-19-16-24(27-32(2,29)30)22(17-28(19)25-10-6-7-15-26-25)18-31-23-13-11-21(12-14-23)20-8-4-3-5-9-20/h3-10,15,19,21-24,27H,11-14,16-18H2,1-2H3/t19-,21-,22-,23+,24-/m0/s1. The van der Waals surface area contributed by atoms with Crippen molar-refractivity contribution in [1.29, 1.82) is 0 Å². The minimum atomic E-state index is -3.28. The second-order valence-corrected chi connectivity index (χ2v) is 11.2. The number of sulfonamides is 1. The third-order valence-electron chi connectivity index (χ3n) is 6.93. The van der Waals surface area contributed by atoms with E-state index in [2.05, 4.69) is 51.9 Å². The van der Waals surface area contributed by atoms with Gasteiger partial charge in [-0.15, -0.1) is 0 Å². The van der Waals surface area contributed by atoms with E-state index in [4.69, 9.17) is 4.74 Å². The molecule has 1 saturated heterocycles. The number of nitrogens with one attached hydrogen (secondary N) is 1. The van der Waals surface area contributed by atoms with Gasteiger partial charge in [0.05, 0.1) is 19.0 Å². The molecule has 1 aromatic heterocycles. The lowest BCUT2D eigenvalue weighted by molar-refractivity contribution is -0.00357. The van der Waals surface area contributed by atoms with Crippen molar-refractivity contribution >= 4 is 15.8 Å². The maximum Gasteiger partial charge on any atom is 0.208 e. The number of benzene rings is 1. The molecule has 2 aromatic rings. The van der Waals surface area contributed by atoms with Crippen LogP contribution in [-0.4, -0.2) is 51.0 Å². The average Bonchev–Trinajstić information content (AvgIpc) is 2.79. The van der Waals surface area contributed by atoms with Gasteiger partial charge in [0.15, 0.2) is 0 Å². The molecule has 1 aliphatic heterocycles. The van der Waals surface area contributed by atoms with Crippen molar-refractivity contribution in [3.05, 3.63) is 60.3 Å². The van der Waals surface area contributed by atoms with Crippen LogP contribution in [0.5, 0.6) is 0 Å². The summed E-state index contributed by atoms with van der Waals surface area (Å²) < 4.78 is 33.3. The number of hydrogen-bond donors (Lipinski definition) is 1. The molecule has 1 N–H and O–H groups in total. The van der Waals surface area contributed by atoms with Crippen LogP contribution in [0.25, 0.3) is 0 Å². The number of rotatable bonds is 7. The molecule has 2 fully saturated rings. The minimum Gasteiger partial charge on any atom is -0.378 e. The molecule has 3 atom stereocenters. The first-order valence-electron chi connectivity index (χ1n) is 11.7. The van der Waals surface area contributed by atoms with E-state index in [-0.39, 0.29) is 24.1 Å². The van der Waals surface area contributed by atoms with Crippen LogP contribution >= 0.6 is 0 Å². The Morgan fingerprint density at radius 2 is 1.78 bits per heavy atom. The van der Waals surface area contributed by atoms with E-state index in [1.807, 2.05) is 18.2 Å². The van der Waals surface area contributed by atoms with Crippen LogP contribution in [0.4, 0.5) is 5.82 Å². The third kappa shape index (κ3) is 6.09. The molecule has 174 valence electrons. The highest BCUT2D eigenvalue weighted by atomic mass is 32.2. The molecule has 6 nitrogen and oxygen atoms in total. The average molecular weight is 458 g/mol. The second-order valence-electron chi connectivity index (χ2n) is 9.40. The molecule has 2 heterocycles. The zero-order chi connectivity index (χ0) is 22.6. The fourth-order valence-electron chi connectivity index (χ4n) is 5.23. The first kappa shape index (κ1) is 23.2. The summed E-state index contributed by atoms with van der Waals surface area (Å²) in [5.74, 6) is 1.63. The zero-order valence-electron chi connectivity index (χ0n) is 19.1. The molecule has 4 rings (SSSR count). The van der Waals surface area contributed by atoms with Crippen LogP contribution in [0.3, 0.4) is 0 Å². The first-order chi connectivity index (χ1) is 15.4. The predicted molar refractivity (Wildman–Crippen MR) is 128 cm³/mol. The Bertz CT molecular complexity index is 947. The van der Waals surface area contributed by atoms with Crippen molar-refractivity contribution in [3.63, 3.8) is 0 Å². The molecule has 0 radical (unpaired) electrons. The maximum atomic E-state index is 12.0. The van der Waals surface area contributed by atoms with Gasteiger partial charge in [0.25, 0.3) is 0 Å². The van der Waals surface area contributed by atoms with Crippen molar-refractivity contribution in [1.82, 2.24) is 9.71 Å². The second kappa shape index (κ2) is 10.3. The molecule has 0 unspecified atom stereocenters. The van der Waals surface area contributed by atoms with Gasteiger partial charge in [-0.25, -0.2) is 18.1 Å². The van der Waals surface area contributed by atoms with Crippen molar-refractivity contribution < 1.29 is 13.2 Å². The molecule has 32 heavy (non-hydrogen) atoms. The van der Waals surface area contributed by atoms with Gasteiger partial charge in [-0.1, -0.05) is 36.4 Å². The van der Waals surface area contributed by atoms with Gasteiger partial charge in [0.1, 0.15) is 5.82 Å². The summed E-state index contributed by atoms with van der Waals surface area (Å²) in [4.78, 5) is 6.80. The molecule has 7 heteroatoms. The Hall–Kier alpha value is -1.96. The summed E-state index contributed by atoms with van der Waals surface area (Å²) in [5.41, 5.74) is 1.43. The highest BCUT2D eigenvalue weighted by Crippen LogP contribution is 2.35. The normalized spacial score (nSPS) is 29.1. The van der Waals surface area contributed by atoms with E-state index in [9.17, 15) is 8.42 Å². The molecule has 1 aromatic carbocycles. The van der Waals surface area contributed by atoms with Crippen LogP contribution in [0.1, 0.15) is 50.5 Å². The summed E-state index contributed by atoms with van der Waals surface area (Å²) in [6.07, 6.45) is 8.41. The fourth-order valence-corrected chi connectivity index (χ4v) is 6.06. The summed E-state index contributed by atoms with van der Waals surface area (Å²) in [6, 6.07) is 16.7. The molecule has 0 spiro atoms. The van der Waals surface area contributed by atoms with E-state index in [1.165, 1.54) is 11.8 Å². The maximum absolute atomic E-state index is 12.0.